The normalized spacial score (nSPS) is 21.0. The molecule has 1 aromatic carbocycles. The molecule has 1 aromatic rings. The van der Waals surface area contributed by atoms with Gasteiger partial charge in [0, 0.05) is 16.7 Å². The summed E-state index contributed by atoms with van der Waals surface area (Å²) in [7, 11) is 0. The van der Waals surface area contributed by atoms with Gasteiger partial charge in [-0.05, 0) is 42.9 Å². The first-order valence-corrected chi connectivity index (χ1v) is 7.82. The monoisotopic (exact) mass is 354 g/mol. The van der Waals surface area contributed by atoms with Crippen LogP contribution in [-0.4, -0.2) is 23.7 Å². The van der Waals surface area contributed by atoms with Crippen molar-refractivity contribution in [1.82, 2.24) is 5.32 Å². The third-order valence-electron chi connectivity index (χ3n) is 3.76. The summed E-state index contributed by atoms with van der Waals surface area (Å²) in [6.07, 6.45) is 3.53. The first-order chi connectivity index (χ1) is 9.94. The van der Waals surface area contributed by atoms with Gasteiger partial charge in [0.25, 0.3) is 0 Å². The molecule has 2 amide bonds. The number of anilines is 1. The highest BCUT2D eigenvalue weighted by Crippen LogP contribution is 2.29. The average molecular weight is 355 g/mol. The first-order valence-electron chi connectivity index (χ1n) is 7.03. The number of rotatable bonds is 4. The summed E-state index contributed by atoms with van der Waals surface area (Å²) < 4.78 is 0.613. The SMILES string of the molecule is CC1CCC(CNC(=O)Nc2cc(Br)cc(C(=O)O)c2)C1. The third kappa shape index (κ3) is 4.74. The van der Waals surface area contributed by atoms with E-state index in [2.05, 4.69) is 33.5 Å². The average Bonchev–Trinajstić information content (AvgIpc) is 2.81. The van der Waals surface area contributed by atoms with Crippen molar-refractivity contribution in [3.63, 3.8) is 0 Å². The lowest BCUT2D eigenvalue weighted by Gasteiger charge is -2.12. The molecule has 0 aliphatic heterocycles. The minimum absolute atomic E-state index is 0.129. The molecule has 0 spiro atoms. The molecule has 2 rings (SSSR count). The standard InChI is InChI=1S/C15H19BrN2O3/c1-9-2-3-10(4-9)8-17-15(21)18-13-6-11(14(19)20)5-12(16)7-13/h5-7,9-10H,2-4,8H2,1H3,(H,19,20)(H2,17,18,21). The zero-order valence-corrected chi connectivity index (χ0v) is 13.4. The first kappa shape index (κ1) is 15.8. The summed E-state index contributed by atoms with van der Waals surface area (Å²) in [5.74, 6) is 0.255. The Balaban J connectivity index is 1.89. The quantitative estimate of drug-likeness (QED) is 0.771. The van der Waals surface area contributed by atoms with Gasteiger partial charge in [0.05, 0.1) is 5.56 Å². The third-order valence-corrected chi connectivity index (χ3v) is 4.22. The van der Waals surface area contributed by atoms with Gasteiger partial charge in [-0.3, -0.25) is 0 Å². The minimum atomic E-state index is -1.03. The maximum absolute atomic E-state index is 11.9. The molecule has 0 radical (unpaired) electrons. The molecule has 0 bridgehead atoms. The van der Waals surface area contributed by atoms with E-state index in [4.69, 9.17) is 5.11 Å². The lowest BCUT2D eigenvalue weighted by molar-refractivity contribution is 0.0697. The van der Waals surface area contributed by atoms with Crippen LogP contribution in [0.4, 0.5) is 10.5 Å². The molecular formula is C15H19BrN2O3. The lowest BCUT2D eigenvalue weighted by Crippen LogP contribution is -2.32. The second-order valence-electron chi connectivity index (χ2n) is 5.65. The molecule has 5 nitrogen and oxygen atoms in total. The van der Waals surface area contributed by atoms with Crippen LogP contribution in [0.3, 0.4) is 0 Å². The predicted octanol–water partition coefficient (Wildman–Crippen LogP) is 3.71. The summed E-state index contributed by atoms with van der Waals surface area (Å²) >= 11 is 3.24. The van der Waals surface area contributed by atoms with Crippen LogP contribution in [0.25, 0.3) is 0 Å². The van der Waals surface area contributed by atoms with E-state index in [1.807, 2.05) is 0 Å². The van der Waals surface area contributed by atoms with Crippen molar-refractivity contribution < 1.29 is 14.7 Å². The van der Waals surface area contributed by atoms with Crippen molar-refractivity contribution in [1.29, 1.82) is 0 Å². The summed E-state index contributed by atoms with van der Waals surface area (Å²) in [5.41, 5.74) is 0.586. The van der Waals surface area contributed by atoms with E-state index in [1.165, 1.54) is 18.6 Å². The molecular weight excluding hydrogens is 336 g/mol. The summed E-state index contributed by atoms with van der Waals surface area (Å²) in [4.78, 5) is 22.8. The predicted molar refractivity (Wildman–Crippen MR) is 84.6 cm³/mol. The number of aromatic carboxylic acids is 1. The molecule has 1 fully saturated rings. The van der Waals surface area contributed by atoms with E-state index in [-0.39, 0.29) is 11.6 Å². The molecule has 1 saturated carbocycles. The number of hydrogen-bond acceptors (Lipinski definition) is 2. The number of benzene rings is 1. The van der Waals surface area contributed by atoms with Crippen LogP contribution in [-0.2, 0) is 0 Å². The van der Waals surface area contributed by atoms with E-state index >= 15 is 0 Å². The van der Waals surface area contributed by atoms with Crippen molar-refractivity contribution >= 4 is 33.6 Å². The van der Waals surface area contributed by atoms with E-state index < -0.39 is 5.97 Å². The Labute approximate surface area is 132 Å². The summed E-state index contributed by atoms with van der Waals surface area (Å²) in [6.45, 7) is 2.89. The van der Waals surface area contributed by atoms with E-state index in [9.17, 15) is 9.59 Å². The van der Waals surface area contributed by atoms with Crippen molar-refractivity contribution in [2.45, 2.75) is 26.2 Å². The van der Waals surface area contributed by atoms with Gasteiger partial charge in [-0.25, -0.2) is 9.59 Å². The van der Waals surface area contributed by atoms with E-state index in [0.717, 1.165) is 18.8 Å². The number of halogens is 1. The molecule has 21 heavy (non-hydrogen) atoms. The second-order valence-corrected chi connectivity index (χ2v) is 6.57. The highest BCUT2D eigenvalue weighted by Gasteiger charge is 2.21. The molecule has 2 atom stereocenters. The van der Waals surface area contributed by atoms with Gasteiger partial charge >= 0.3 is 12.0 Å². The van der Waals surface area contributed by atoms with Crippen LogP contribution >= 0.6 is 15.9 Å². The maximum Gasteiger partial charge on any atom is 0.335 e. The van der Waals surface area contributed by atoms with Gasteiger partial charge in [0.2, 0.25) is 0 Å². The molecule has 1 aliphatic carbocycles. The maximum atomic E-state index is 11.9. The van der Waals surface area contributed by atoms with Gasteiger partial charge in [0.15, 0.2) is 0 Å². The van der Waals surface area contributed by atoms with Gasteiger partial charge in [-0.15, -0.1) is 0 Å². The summed E-state index contributed by atoms with van der Waals surface area (Å²) in [5, 5.41) is 14.5. The fourth-order valence-corrected chi connectivity index (χ4v) is 3.20. The second kappa shape index (κ2) is 6.93. The Hall–Kier alpha value is -1.56. The summed E-state index contributed by atoms with van der Waals surface area (Å²) in [6, 6.07) is 4.29. The van der Waals surface area contributed by atoms with Gasteiger partial charge < -0.3 is 15.7 Å². The number of nitrogens with one attached hydrogen (secondary N) is 2. The Kier molecular flexibility index (Phi) is 5.22. The molecule has 6 heteroatoms. The van der Waals surface area contributed by atoms with Crippen LogP contribution in [0, 0.1) is 11.8 Å². The molecule has 0 heterocycles. The number of carboxylic acid groups (broad SMARTS) is 1. The van der Waals surface area contributed by atoms with Crippen LogP contribution in [0.5, 0.6) is 0 Å². The highest BCUT2D eigenvalue weighted by molar-refractivity contribution is 9.10. The highest BCUT2D eigenvalue weighted by atomic mass is 79.9. The van der Waals surface area contributed by atoms with Crippen LogP contribution in [0.2, 0.25) is 0 Å². The number of urea groups is 1. The zero-order chi connectivity index (χ0) is 15.4. The molecule has 114 valence electrons. The van der Waals surface area contributed by atoms with Crippen molar-refractivity contribution in [3.8, 4) is 0 Å². The smallest absolute Gasteiger partial charge is 0.335 e. The van der Waals surface area contributed by atoms with Crippen LogP contribution < -0.4 is 10.6 Å². The lowest BCUT2D eigenvalue weighted by atomic mass is 10.1. The minimum Gasteiger partial charge on any atom is -0.478 e. The molecule has 0 aromatic heterocycles. The number of carbonyl (C=O) groups excluding carboxylic acids is 1. The largest absolute Gasteiger partial charge is 0.478 e. The van der Waals surface area contributed by atoms with Gasteiger partial charge in [-0.1, -0.05) is 29.3 Å². The van der Waals surface area contributed by atoms with Crippen molar-refractivity contribution in [3.05, 3.63) is 28.2 Å². The van der Waals surface area contributed by atoms with Gasteiger partial charge in [-0.2, -0.15) is 0 Å². The van der Waals surface area contributed by atoms with Crippen molar-refractivity contribution in [2.75, 3.05) is 11.9 Å². The van der Waals surface area contributed by atoms with Crippen LogP contribution in [0.1, 0.15) is 36.5 Å². The number of amides is 2. The number of carbonyl (C=O) groups is 2. The Morgan fingerprint density at radius 3 is 2.71 bits per heavy atom. The number of hydrogen-bond donors (Lipinski definition) is 3. The molecule has 3 N–H and O–H groups in total. The Morgan fingerprint density at radius 2 is 2.10 bits per heavy atom. The topological polar surface area (TPSA) is 78.4 Å². The van der Waals surface area contributed by atoms with Crippen LogP contribution in [0.15, 0.2) is 22.7 Å². The van der Waals surface area contributed by atoms with E-state index in [1.54, 1.807) is 6.07 Å². The van der Waals surface area contributed by atoms with Crippen molar-refractivity contribution in [2.24, 2.45) is 11.8 Å². The number of carboxylic acids is 1. The molecule has 0 saturated heterocycles. The Bertz CT molecular complexity index is 548. The van der Waals surface area contributed by atoms with Gasteiger partial charge in [0.1, 0.15) is 0 Å². The molecule has 1 aliphatic rings. The Morgan fingerprint density at radius 1 is 1.33 bits per heavy atom. The molecule has 2 unspecified atom stereocenters. The fourth-order valence-electron chi connectivity index (χ4n) is 2.71. The zero-order valence-electron chi connectivity index (χ0n) is 11.9. The fraction of sp³-hybridized carbons (Fsp3) is 0.467. The van der Waals surface area contributed by atoms with E-state index in [0.29, 0.717) is 22.6 Å².